The van der Waals surface area contributed by atoms with Crippen LogP contribution in [0.5, 0.6) is 0 Å². The molecule has 44 heavy (non-hydrogen) atoms. The summed E-state index contributed by atoms with van der Waals surface area (Å²) in [6.07, 6.45) is 6.12. The summed E-state index contributed by atoms with van der Waals surface area (Å²) in [5.41, 5.74) is 11.5. The van der Waals surface area contributed by atoms with E-state index in [0.29, 0.717) is 5.56 Å². The molecular weight excluding hydrogens is 553 g/mol. The van der Waals surface area contributed by atoms with Gasteiger partial charge in [-0.2, -0.15) is 5.26 Å². The van der Waals surface area contributed by atoms with Crippen molar-refractivity contribution in [1.82, 2.24) is 4.57 Å². The van der Waals surface area contributed by atoms with Crippen molar-refractivity contribution in [1.29, 1.82) is 5.26 Å². The Morgan fingerprint density at radius 3 is 2.23 bits per heavy atom. The molecule has 0 amide bonds. The molecule has 0 fully saturated rings. The second kappa shape index (κ2) is 9.67. The lowest BCUT2D eigenvalue weighted by atomic mass is 9.80. The van der Waals surface area contributed by atoms with Gasteiger partial charge >= 0.3 is 0 Å². The fraction of sp³-hybridized carbons (Fsp3) is 0.0976. The molecule has 0 radical (unpaired) electrons. The van der Waals surface area contributed by atoms with E-state index in [9.17, 15) is 5.26 Å². The first-order valence-electron chi connectivity index (χ1n) is 15.0. The molecule has 0 N–H and O–H groups in total. The third-order valence-electron chi connectivity index (χ3n) is 9.40. The number of thiophene rings is 1. The van der Waals surface area contributed by atoms with Gasteiger partial charge in [0.25, 0.3) is 0 Å². The zero-order valence-corrected chi connectivity index (χ0v) is 25.8. The van der Waals surface area contributed by atoms with Gasteiger partial charge in [-0.15, -0.1) is 11.3 Å². The lowest BCUT2D eigenvalue weighted by Gasteiger charge is -2.23. The number of aromatic nitrogens is 1. The zero-order chi connectivity index (χ0) is 30.2. The van der Waals surface area contributed by atoms with Gasteiger partial charge in [0.05, 0.1) is 28.4 Å². The van der Waals surface area contributed by atoms with Crippen molar-refractivity contribution in [2.75, 3.05) is 0 Å². The number of fused-ring (bicyclic) bond motifs is 8. The van der Waals surface area contributed by atoms with Gasteiger partial charge in [0.2, 0.25) is 0 Å². The molecule has 210 valence electrons. The summed E-state index contributed by atoms with van der Waals surface area (Å²) >= 11 is 1.89. The standard InChI is InChI=1S/C41H30N2S/c1-5-6-13-34-25(2)28-18-19-31-33-23-27(17-21-38(33)44-40(31)39(28)41(34,3)4)32-22-26(24-42)16-20-37(32)43-35-14-9-7-11-29(35)30-12-8-10-15-36(30)43/h5-23H,1H2,2-4H3/b13-6-. The fourth-order valence-electron chi connectivity index (χ4n) is 7.40. The van der Waals surface area contributed by atoms with Crippen LogP contribution in [0.3, 0.4) is 0 Å². The molecule has 3 heteroatoms. The maximum atomic E-state index is 9.92. The van der Waals surface area contributed by atoms with E-state index in [1.165, 1.54) is 53.2 Å². The second-order valence-electron chi connectivity index (χ2n) is 12.1. The van der Waals surface area contributed by atoms with Crippen molar-refractivity contribution in [3.05, 3.63) is 144 Å². The van der Waals surface area contributed by atoms with Crippen LogP contribution in [0, 0.1) is 11.3 Å². The SMILES string of the molecule is C=C/C=C\C1=C(C)c2ccc3c(sc4ccc(-c5cc(C#N)ccc5-n5c6ccccc6c6ccccc65)cc43)c2C1(C)C. The molecule has 8 rings (SSSR count). The summed E-state index contributed by atoms with van der Waals surface area (Å²) in [4.78, 5) is 0. The lowest BCUT2D eigenvalue weighted by Crippen LogP contribution is -2.16. The first kappa shape index (κ1) is 26.5. The second-order valence-corrected chi connectivity index (χ2v) is 13.2. The van der Waals surface area contributed by atoms with Crippen LogP contribution in [0.25, 0.3) is 64.4 Å². The van der Waals surface area contributed by atoms with E-state index in [2.05, 4.69) is 129 Å². The number of benzene rings is 5. The summed E-state index contributed by atoms with van der Waals surface area (Å²) in [5.74, 6) is 0. The minimum atomic E-state index is -0.104. The quantitative estimate of drug-likeness (QED) is 0.190. The predicted octanol–water partition coefficient (Wildman–Crippen LogP) is 11.5. The van der Waals surface area contributed by atoms with Gasteiger partial charge in [-0.1, -0.05) is 93.3 Å². The average Bonchev–Trinajstić information content (AvgIpc) is 3.65. The Morgan fingerprint density at radius 1 is 0.795 bits per heavy atom. The van der Waals surface area contributed by atoms with Crippen LogP contribution in [0.4, 0.5) is 0 Å². The Labute approximate surface area is 261 Å². The van der Waals surface area contributed by atoms with E-state index in [0.717, 1.165) is 27.8 Å². The first-order valence-corrected chi connectivity index (χ1v) is 15.8. The summed E-state index contributed by atoms with van der Waals surface area (Å²) in [6, 6.07) is 37.0. The van der Waals surface area contributed by atoms with Gasteiger partial charge in [-0.05, 0) is 77.2 Å². The van der Waals surface area contributed by atoms with E-state index in [1.54, 1.807) is 0 Å². The number of rotatable bonds is 4. The van der Waals surface area contributed by atoms with E-state index in [4.69, 9.17) is 0 Å². The molecule has 2 nitrogen and oxygen atoms in total. The highest BCUT2D eigenvalue weighted by atomic mass is 32.1. The van der Waals surface area contributed by atoms with Crippen LogP contribution >= 0.6 is 11.3 Å². The van der Waals surface area contributed by atoms with Gasteiger partial charge in [-0.25, -0.2) is 0 Å². The predicted molar refractivity (Wildman–Crippen MR) is 189 cm³/mol. The lowest BCUT2D eigenvalue weighted by molar-refractivity contribution is 0.661. The van der Waals surface area contributed by atoms with Crippen molar-refractivity contribution in [2.24, 2.45) is 0 Å². The highest BCUT2D eigenvalue weighted by Crippen LogP contribution is 2.52. The third-order valence-corrected chi connectivity index (χ3v) is 10.6. The minimum Gasteiger partial charge on any atom is -0.309 e. The van der Waals surface area contributed by atoms with Crippen LogP contribution in [0.2, 0.25) is 0 Å². The van der Waals surface area contributed by atoms with Gasteiger partial charge in [0.15, 0.2) is 0 Å². The van der Waals surface area contributed by atoms with Crippen molar-refractivity contribution >= 4 is 58.9 Å². The molecule has 0 saturated carbocycles. The zero-order valence-electron chi connectivity index (χ0n) is 25.0. The monoisotopic (exact) mass is 582 g/mol. The van der Waals surface area contributed by atoms with Crippen molar-refractivity contribution in [3.8, 4) is 22.9 Å². The summed E-state index contributed by atoms with van der Waals surface area (Å²) in [5, 5.41) is 14.9. The molecule has 0 bridgehead atoms. The topological polar surface area (TPSA) is 28.7 Å². The molecule has 1 aliphatic rings. The van der Waals surface area contributed by atoms with E-state index < -0.39 is 0 Å². The van der Waals surface area contributed by atoms with Gasteiger partial charge in [-0.3, -0.25) is 0 Å². The summed E-state index contributed by atoms with van der Waals surface area (Å²) < 4.78 is 4.98. The average molecular weight is 583 g/mol. The van der Waals surface area contributed by atoms with Crippen LogP contribution in [-0.4, -0.2) is 4.57 Å². The first-order chi connectivity index (χ1) is 21.4. The Hall–Kier alpha value is -5.17. The summed E-state index contributed by atoms with van der Waals surface area (Å²) in [6.45, 7) is 10.8. The van der Waals surface area contributed by atoms with Crippen LogP contribution in [0.15, 0.2) is 127 Å². The molecule has 0 spiro atoms. The highest BCUT2D eigenvalue weighted by Gasteiger charge is 2.37. The Balaban J connectivity index is 1.37. The van der Waals surface area contributed by atoms with Crippen LogP contribution in [0.1, 0.15) is 37.5 Å². The maximum absolute atomic E-state index is 9.92. The Morgan fingerprint density at radius 2 is 1.52 bits per heavy atom. The van der Waals surface area contributed by atoms with Crippen LogP contribution < -0.4 is 0 Å². The fourth-order valence-corrected chi connectivity index (χ4v) is 8.79. The normalized spacial score (nSPS) is 14.3. The third kappa shape index (κ3) is 3.65. The van der Waals surface area contributed by atoms with Gasteiger partial charge < -0.3 is 4.57 Å². The van der Waals surface area contributed by atoms with E-state index >= 15 is 0 Å². The summed E-state index contributed by atoms with van der Waals surface area (Å²) in [7, 11) is 0. The molecule has 0 unspecified atom stereocenters. The Bertz CT molecular complexity index is 2400. The molecule has 0 aliphatic heterocycles. The molecule has 0 atom stereocenters. The maximum Gasteiger partial charge on any atom is 0.0991 e. The number of para-hydroxylation sites is 2. The smallest absolute Gasteiger partial charge is 0.0991 e. The molecule has 0 saturated heterocycles. The molecule has 2 heterocycles. The highest BCUT2D eigenvalue weighted by molar-refractivity contribution is 7.26. The van der Waals surface area contributed by atoms with Crippen molar-refractivity contribution in [2.45, 2.75) is 26.2 Å². The number of hydrogen-bond donors (Lipinski definition) is 0. The molecule has 1 aliphatic carbocycles. The number of allylic oxidation sites excluding steroid dienone is 5. The van der Waals surface area contributed by atoms with Crippen LogP contribution in [-0.2, 0) is 5.41 Å². The van der Waals surface area contributed by atoms with Crippen molar-refractivity contribution in [3.63, 3.8) is 0 Å². The minimum absolute atomic E-state index is 0.104. The van der Waals surface area contributed by atoms with Gasteiger partial charge in [0, 0.05) is 41.9 Å². The number of hydrogen-bond acceptors (Lipinski definition) is 2. The number of nitriles is 1. The van der Waals surface area contributed by atoms with Gasteiger partial charge in [0.1, 0.15) is 0 Å². The number of nitrogens with zero attached hydrogens (tertiary/aromatic N) is 2. The van der Waals surface area contributed by atoms with E-state index in [-0.39, 0.29) is 5.41 Å². The molecular formula is C41H30N2S. The molecule has 7 aromatic rings. The van der Waals surface area contributed by atoms with Crippen molar-refractivity contribution < 1.29 is 0 Å². The van der Waals surface area contributed by atoms with E-state index in [1.807, 2.05) is 35.6 Å². The molecule has 2 aromatic heterocycles. The molecule has 5 aromatic carbocycles. The Kier molecular flexibility index (Phi) is 5.82. The largest absolute Gasteiger partial charge is 0.309 e.